The highest BCUT2D eigenvalue weighted by Gasteiger charge is 2.26. The van der Waals surface area contributed by atoms with E-state index >= 15 is 0 Å². The molecule has 2 rings (SSSR count). The molecule has 0 aliphatic rings. The number of aliphatic carboxylic acids is 1. The van der Waals surface area contributed by atoms with Gasteiger partial charge in [0.2, 0.25) is 0 Å². The quantitative estimate of drug-likeness (QED) is 0.352. The summed E-state index contributed by atoms with van der Waals surface area (Å²) in [4.78, 5) is 46.7. The van der Waals surface area contributed by atoms with E-state index in [2.05, 4.69) is 0 Å². The van der Waals surface area contributed by atoms with Crippen molar-refractivity contribution in [2.75, 3.05) is 0 Å². The van der Waals surface area contributed by atoms with Gasteiger partial charge in [0.1, 0.15) is 5.92 Å². The molecule has 0 radical (unpaired) electrons. The Labute approximate surface area is 180 Å². The second kappa shape index (κ2) is 12.1. The molecule has 0 spiro atoms. The van der Waals surface area contributed by atoms with Gasteiger partial charge in [-0.3, -0.25) is 9.59 Å². The molecular formula is C24H24O7. The Hall–Kier alpha value is -3.74. The molecule has 0 fully saturated rings. The maximum absolute atomic E-state index is 12.8. The van der Waals surface area contributed by atoms with E-state index in [1.54, 1.807) is 31.2 Å². The summed E-state index contributed by atoms with van der Waals surface area (Å²) in [5.74, 6) is -4.05. The number of benzene rings is 2. The van der Waals surface area contributed by atoms with E-state index in [9.17, 15) is 19.2 Å². The van der Waals surface area contributed by atoms with Gasteiger partial charge >= 0.3 is 23.9 Å². The van der Waals surface area contributed by atoms with Crippen LogP contribution in [-0.4, -0.2) is 35.1 Å². The van der Waals surface area contributed by atoms with E-state index in [4.69, 9.17) is 14.6 Å². The first-order valence-electron chi connectivity index (χ1n) is 9.83. The molecule has 2 aromatic carbocycles. The first-order valence-corrected chi connectivity index (χ1v) is 9.83. The summed E-state index contributed by atoms with van der Waals surface area (Å²) in [5.41, 5.74) is 1.45. The van der Waals surface area contributed by atoms with Crippen LogP contribution in [0.4, 0.5) is 0 Å². The zero-order chi connectivity index (χ0) is 22.6. The van der Waals surface area contributed by atoms with Crippen LogP contribution in [0.5, 0.6) is 0 Å². The third kappa shape index (κ3) is 8.26. The summed E-state index contributed by atoms with van der Waals surface area (Å²) >= 11 is 0. The van der Waals surface area contributed by atoms with E-state index in [1.165, 1.54) is 0 Å². The Kier molecular flexibility index (Phi) is 9.16. The van der Waals surface area contributed by atoms with Crippen molar-refractivity contribution in [1.29, 1.82) is 0 Å². The Morgan fingerprint density at radius 2 is 1.45 bits per heavy atom. The van der Waals surface area contributed by atoms with Crippen molar-refractivity contribution in [2.24, 2.45) is 0 Å². The molecule has 7 nitrogen and oxygen atoms in total. The van der Waals surface area contributed by atoms with Gasteiger partial charge in [0.25, 0.3) is 0 Å². The van der Waals surface area contributed by atoms with Crippen molar-refractivity contribution in [3.05, 3.63) is 83.9 Å². The summed E-state index contributed by atoms with van der Waals surface area (Å²) in [6.07, 6.45) is 1.67. The van der Waals surface area contributed by atoms with Crippen molar-refractivity contribution in [3.8, 4) is 0 Å². The SMILES string of the molecule is CC(CCCC(=O)OC(=O)C(c1ccccc1)c1ccccc1)OC(=O)/C=C\C(=O)O. The van der Waals surface area contributed by atoms with Crippen LogP contribution >= 0.6 is 0 Å². The topological polar surface area (TPSA) is 107 Å². The minimum atomic E-state index is -1.25. The van der Waals surface area contributed by atoms with Crippen LogP contribution in [-0.2, 0) is 28.7 Å². The molecule has 0 aliphatic carbocycles. The van der Waals surface area contributed by atoms with E-state index < -0.39 is 35.9 Å². The lowest BCUT2D eigenvalue weighted by molar-refractivity contribution is -0.160. The smallest absolute Gasteiger partial charge is 0.331 e. The Morgan fingerprint density at radius 3 is 1.97 bits per heavy atom. The van der Waals surface area contributed by atoms with Crippen LogP contribution in [0, 0.1) is 0 Å². The molecule has 2 aromatic rings. The molecule has 0 amide bonds. The third-order valence-corrected chi connectivity index (χ3v) is 4.39. The zero-order valence-electron chi connectivity index (χ0n) is 17.1. The van der Waals surface area contributed by atoms with Crippen LogP contribution in [0.3, 0.4) is 0 Å². The van der Waals surface area contributed by atoms with Crippen LogP contribution < -0.4 is 0 Å². The number of hydrogen-bond donors (Lipinski definition) is 1. The average Bonchev–Trinajstić information content (AvgIpc) is 2.74. The molecule has 1 atom stereocenters. The van der Waals surface area contributed by atoms with Crippen LogP contribution in [0.1, 0.15) is 43.2 Å². The highest BCUT2D eigenvalue weighted by Crippen LogP contribution is 2.26. The molecule has 0 bridgehead atoms. The van der Waals surface area contributed by atoms with Gasteiger partial charge < -0.3 is 14.6 Å². The lowest BCUT2D eigenvalue weighted by atomic mass is 9.91. The van der Waals surface area contributed by atoms with Gasteiger partial charge in [0.05, 0.1) is 6.10 Å². The largest absolute Gasteiger partial charge is 0.478 e. The van der Waals surface area contributed by atoms with Crippen molar-refractivity contribution in [2.45, 2.75) is 38.2 Å². The van der Waals surface area contributed by atoms with Gasteiger partial charge in [-0.15, -0.1) is 0 Å². The molecule has 7 heteroatoms. The van der Waals surface area contributed by atoms with Gasteiger partial charge in [-0.2, -0.15) is 0 Å². The molecule has 0 aromatic heterocycles. The van der Waals surface area contributed by atoms with Gasteiger partial charge in [-0.05, 0) is 30.9 Å². The number of ether oxygens (including phenoxy) is 2. The summed E-state index contributed by atoms with van der Waals surface area (Å²) in [7, 11) is 0. The standard InChI is InChI=1S/C24H24O7/c1-17(30-22(28)16-15-20(25)26)9-8-14-21(27)31-24(29)23(18-10-4-2-5-11-18)19-12-6-3-7-13-19/h2-7,10-13,15-17,23H,8-9,14H2,1H3,(H,25,26)/b16-15-. The molecule has 0 saturated heterocycles. The molecular weight excluding hydrogens is 400 g/mol. The fourth-order valence-electron chi connectivity index (χ4n) is 2.95. The van der Waals surface area contributed by atoms with Crippen molar-refractivity contribution in [3.63, 3.8) is 0 Å². The van der Waals surface area contributed by atoms with E-state index in [0.717, 1.165) is 17.2 Å². The molecule has 0 heterocycles. The summed E-state index contributed by atoms with van der Waals surface area (Å²) < 4.78 is 10.1. The Balaban J connectivity index is 1.88. The normalized spacial score (nSPS) is 11.8. The number of carboxylic acids is 1. The molecule has 1 N–H and O–H groups in total. The lowest BCUT2D eigenvalue weighted by Gasteiger charge is -2.16. The van der Waals surface area contributed by atoms with Crippen LogP contribution in [0.2, 0.25) is 0 Å². The average molecular weight is 424 g/mol. The number of esters is 3. The fraction of sp³-hybridized carbons (Fsp3) is 0.250. The molecule has 31 heavy (non-hydrogen) atoms. The Morgan fingerprint density at radius 1 is 0.903 bits per heavy atom. The van der Waals surface area contributed by atoms with E-state index in [-0.39, 0.29) is 6.42 Å². The highest BCUT2D eigenvalue weighted by atomic mass is 16.6. The van der Waals surface area contributed by atoms with E-state index in [1.807, 2.05) is 36.4 Å². The number of hydrogen-bond acceptors (Lipinski definition) is 6. The molecule has 0 saturated carbocycles. The molecule has 0 aliphatic heterocycles. The monoisotopic (exact) mass is 424 g/mol. The number of carbonyl (C=O) groups is 4. The minimum Gasteiger partial charge on any atom is -0.478 e. The number of carbonyl (C=O) groups excluding carboxylic acids is 3. The Bertz CT molecular complexity index is 880. The maximum Gasteiger partial charge on any atom is 0.331 e. The second-order valence-electron chi connectivity index (χ2n) is 6.86. The highest BCUT2D eigenvalue weighted by molar-refractivity contribution is 5.92. The van der Waals surface area contributed by atoms with Crippen molar-refractivity contribution < 1.29 is 33.8 Å². The number of carboxylic acid groups (broad SMARTS) is 1. The zero-order valence-corrected chi connectivity index (χ0v) is 17.1. The van der Waals surface area contributed by atoms with Crippen molar-refractivity contribution in [1.82, 2.24) is 0 Å². The first-order chi connectivity index (χ1) is 14.9. The van der Waals surface area contributed by atoms with Crippen LogP contribution in [0.25, 0.3) is 0 Å². The van der Waals surface area contributed by atoms with Crippen LogP contribution in [0.15, 0.2) is 72.8 Å². The fourth-order valence-corrected chi connectivity index (χ4v) is 2.95. The lowest BCUT2D eigenvalue weighted by Crippen LogP contribution is -2.21. The summed E-state index contributed by atoms with van der Waals surface area (Å²) in [6, 6.07) is 18.2. The third-order valence-electron chi connectivity index (χ3n) is 4.39. The maximum atomic E-state index is 12.8. The first kappa shape index (κ1) is 23.5. The summed E-state index contributed by atoms with van der Waals surface area (Å²) in [6.45, 7) is 1.63. The van der Waals surface area contributed by atoms with Gasteiger partial charge in [0, 0.05) is 18.6 Å². The van der Waals surface area contributed by atoms with E-state index in [0.29, 0.717) is 18.9 Å². The van der Waals surface area contributed by atoms with Crippen molar-refractivity contribution >= 4 is 23.9 Å². The second-order valence-corrected chi connectivity index (χ2v) is 6.86. The predicted octanol–water partition coefficient (Wildman–Crippen LogP) is 3.63. The predicted molar refractivity (Wildman–Crippen MR) is 112 cm³/mol. The minimum absolute atomic E-state index is 0.0190. The van der Waals surface area contributed by atoms with Gasteiger partial charge in [0.15, 0.2) is 0 Å². The van der Waals surface area contributed by atoms with Gasteiger partial charge in [-0.1, -0.05) is 60.7 Å². The summed E-state index contributed by atoms with van der Waals surface area (Å²) in [5, 5.41) is 8.48. The number of rotatable bonds is 10. The molecule has 162 valence electrons. The van der Waals surface area contributed by atoms with Gasteiger partial charge in [-0.25, -0.2) is 9.59 Å². The molecule has 1 unspecified atom stereocenters.